The number of amides is 1. The van der Waals surface area contributed by atoms with E-state index in [1.165, 1.54) is 19.3 Å². The number of carbonyl (C=O) groups excluding carboxylic acids is 1. The number of rotatable bonds is 5. The molecule has 0 aliphatic heterocycles. The SMILES string of the molecule is O=C(Cc1n[nH]c(Cc2ccc(Cl)cc2)n1)NC1CCCCC1. The first-order chi connectivity index (χ1) is 11.2. The average Bonchev–Trinajstić information content (AvgIpc) is 2.97. The van der Waals surface area contributed by atoms with Gasteiger partial charge >= 0.3 is 0 Å². The van der Waals surface area contributed by atoms with E-state index < -0.39 is 0 Å². The fourth-order valence-electron chi connectivity index (χ4n) is 2.96. The second kappa shape index (κ2) is 7.59. The molecule has 1 fully saturated rings. The van der Waals surface area contributed by atoms with E-state index in [2.05, 4.69) is 20.5 Å². The molecule has 1 aromatic heterocycles. The highest BCUT2D eigenvalue weighted by molar-refractivity contribution is 6.30. The number of nitrogens with one attached hydrogen (secondary N) is 2. The van der Waals surface area contributed by atoms with E-state index in [1.54, 1.807) is 0 Å². The van der Waals surface area contributed by atoms with E-state index in [1.807, 2.05) is 24.3 Å². The number of nitrogens with zero attached hydrogens (tertiary/aromatic N) is 2. The van der Waals surface area contributed by atoms with Crippen LogP contribution in [-0.2, 0) is 17.6 Å². The van der Waals surface area contributed by atoms with Crippen LogP contribution < -0.4 is 5.32 Å². The lowest BCUT2D eigenvalue weighted by Crippen LogP contribution is -2.37. The number of aromatic nitrogens is 3. The maximum atomic E-state index is 12.1. The van der Waals surface area contributed by atoms with E-state index in [0.717, 1.165) is 24.2 Å². The Kier molecular flexibility index (Phi) is 5.28. The summed E-state index contributed by atoms with van der Waals surface area (Å²) in [6.45, 7) is 0. The number of benzene rings is 1. The Morgan fingerprint density at radius 1 is 1.22 bits per heavy atom. The van der Waals surface area contributed by atoms with Gasteiger partial charge < -0.3 is 5.32 Å². The highest BCUT2D eigenvalue weighted by atomic mass is 35.5. The molecule has 0 spiro atoms. The fourth-order valence-corrected chi connectivity index (χ4v) is 3.08. The van der Waals surface area contributed by atoms with Gasteiger partial charge in [-0.15, -0.1) is 0 Å². The topological polar surface area (TPSA) is 70.7 Å². The van der Waals surface area contributed by atoms with Crippen molar-refractivity contribution >= 4 is 17.5 Å². The number of halogens is 1. The Morgan fingerprint density at radius 2 is 1.96 bits per heavy atom. The van der Waals surface area contributed by atoms with Crippen LogP contribution in [0.25, 0.3) is 0 Å². The molecular weight excluding hydrogens is 312 g/mol. The first-order valence-corrected chi connectivity index (χ1v) is 8.51. The van der Waals surface area contributed by atoms with Crippen LogP contribution in [0.2, 0.25) is 5.02 Å². The summed E-state index contributed by atoms with van der Waals surface area (Å²) in [4.78, 5) is 16.5. The van der Waals surface area contributed by atoms with Gasteiger partial charge in [0.15, 0.2) is 5.82 Å². The van der Waals surface area contributed by atoms with Crippen LogP contribution in [0, 0.1) is 0 Å². The number of hydrogen-bond donors (Lipinski definition) is 2. The minimum absolute atomic E-state index is 0.00828. The van der Waals surface area contributed by atoms with Gasteiger partial charge in [0.2, 0.25) is 5.91 Å². The maximum absolute atomic E-state index is 12.1. The summed E-state index contributed by atoms with van der Waals surface area (Å²) in [5.41, 5.74) is 1.10. The molecule has 6 heteroatoms. The van der Waals surface area contributed by atoms with Crippen LogP contribution in [0.3, 0.4) is 0 Å². The second-order valence-corrected chi connectivity index (χ2v) is 6.52. The molecule has 1 aromatic carbocycles. The van der Waals surface area contributed by atoms with E-state index >= 15 is 0 Å². The molecule has 0 unspecified atom stereocenters. The molecule has 1 amide bonds. The number of carbonyl (C=O) groups is 1. The van der Waals surface area contributed by atoms with Crippen molar-refractivity contribution in [3.05, 3.63) is 46.5 Å². The molecule has 1 aliphatic rings. The summed E-state index contributed by atoms with van der Waals surface area (Å²) in [5.74, 6) is 1.31. The maximum Gasteiger partial charge on any atom is 0.227 e. The molecule has 5 nitrogen and oxygen atoms in total. The lowest BCUT2D eigenvalue weighted by Gasteiger charge is -2.22. The summed E-state index contributed by atoms with van der Waals surface area (Å²) in [7, 11) is 0. The molecule has 122 valence electrons. The van der Waals surface area contributed by atoms with Gasteiger partial charge in [0, 0.05) is 17.5 Å². The smallest absolute Gasteiger partial charge is 0.227 e. The van der Waals surface area contributed by atoms with Gasteiger partial charge in [0.05, 0.1) is 6.42 Å². The third-order valence-corrected chi connectivity index (χ3v) is 4.40. The lowest BCUT2D eigenvalue weighted by molar-refractivity contribution is -0.121. The molecule has 0 bridgehead atoms. The predicted octanol–water partition coefficient (Wildman–Crippen LogP) is 3.04. The predicted molar refractivity (Wildman–Crippen MR) is 89.4 cm³/mol. The first-order valence-electron chi connectivity index (χ1n) is 8.13. The normalized spacial score (nSPS) is 15.5. The molecule has 0 atom stereocenters. The highest BCUT2D eigenvalue weighted by Crippen LogP contribution is 2.17. The van der Waals surface area contributed by atoms with Gasteiger partial charge in [-0.25, -0.2) is 4.98 Å². The monoisotopic (exact) mass is 332 g/mol. The van der Waals surface area contributed by atoms with Crippen molar-refractivity contribution < 1.29 is 4.79 Å². The average molecular weight is 333 g/mol. The minimum Gasteiger partial charge on any atom is -0.353 e. The molecule has 1 saturated carbocycles. The zero-order chi connectivity index (χ0) is 16.1. The minimum atomic E-state index is 0.00828. The Bertz CT molecular complexity index is 647. The highest BCUT2D eigenvalue weighted by Gasteiger charge is 2.17. The second-order valence-electron chi connectivity index (χ2n) is 6.08. The van der Waals surface area contributed by atoms with E-state index in [-0.39, 0.29) is 12.3 Å². The number of H-pyrrole nitrogens is 1. The van der Waals surface area contributed by atoms with Crippen LogP contribution in [0.4, 0.5) is 0 Å². The van der Waals surface area contributed by atoms with Crippen molar-refractivity contribution in [3.63, 3.8) is 0 Å². The van der Waals surface area contributed by atoms with Crippen LogP contribution in [0.15, 0.2) is 24.3 Å². The van der Waals surface area contributed by atoms with E-state index in [4.69, 9.17) is 11.6 Å². The molecule has 3 rings (SSSR count). The van der Waals surface area contributed by atoms with Gasteiger partial charge in [-0.2, -0.15) is 5.10 Å². The zero-order valence-corrected chi connectivity index (χ0v) is 13.8. The summed E-state index contributed by atoms with van der Waals surface area (Å²) in [6, 6.07) is 7.95. The van der Waals surface area contributed by atoms with Crippen LogP contribution in [0.1, 0.15) is 49.3 Å². The van der Waals surface area contributed by atoms with Crippen molar-refractivity contribution in [2.45, 2.75) is 51.0 Å². The van der Waals surface area contributed by atoms with Gasteiger partial charge in [0.1, 0.15) is 5.82 Å². The first kappa shape index (κ1) is 16.0. The lowest BCUT2D eigenvalue weighted by atomic mass is 9.95. The van der Waals surface area contributed by atoms with E-state index in [9.17, 15) is 4.79 Å². The van der Waals surface area contributed by atoms with Gasteiger partial charge in [-0.05, 0) is 30.5 Å². The summed E-state index contributed by atoms with van der Waals surface area (Å²) < 4.78 is 0. The standard InChI is InChI=1S/C17H21ClN4O/c18-13-8-6-12(7-9-13)10-15-20-16(22-21-15)11-17(23)19-14-4-2-1-3-5-14/h6-9,14H,1-5,10-11H2,(H,19,23)(H,20,21,22). The summed E-state index contributed by atoms with van der Waals surface area (Å²) in [5, 5.41) is 10.8. The quantitative estimate of drug-likeness (QED) is 0.884. The molecule has 2 N–H and O–H groups in total. The molecule has 0 saturated heterocycles. The number of hydrogen-bond acceptors (Lipinski definition) is 3. The Morgan fingerprint density at radius 3 is 2.70 bits per heavy atom. The molecule has 0 radical (unpaired) electrons. The third-order valence-electron chi connectivity index (χ3n) is 4.15. The summed E-state index contributed by atoms with van der Waals surface area (Å²) >= 11 is 5.88. The Balaban J connectivity index is 1.52. The van der Waals surface area contributed by atoms with Crippen molar-refractivity contribution in [2.24, 2.45) is 0 Å². The van der Waals surface area contributed by atoms with Crippen LogP contribution >= 0.6 is 11.6 Å². The molecular formula is C17H21ClN4O. The van der Waals surface area contributed by atoms with Crippen molar-refractivity contribution in [3.8, 4) is 0 Å². The van der Waals surface area contributed by atoms with Gasteiger partial charge in [-0.3, -0.25) is 9.89 Å². The van der Waals surface area contributed by atoms with Crippen molar-refractivity contribution in [2.75, 3.05) is 0 Å². The fraction of sp³-hybridized carbons (Fsp3) is 0.471. The zero-order valence-electron chi connectivity index (χ0n) is 13.0. The molecule has 2 aromatic rings. The van der Waals surface area contributed by atoms with Gasteiger partial charge in [0.25, 0.3) is 0 Å². The number of aromatic amines is 1. The summed E-state index contributed by atoms with van der Waals surface area (Å²) in [6.07, 6.45) is 6.74. The van der Waals surface area contributed by atoms with Crippen molar-refractivity contribution in [1.82, 2.24) is 20.5 Å². The molecule has 1 heterocycles. The Hall–Kier alpha value is -1.88. The van der Waals surface area contributed by atoms with Gasteiger partial charge in [-0.1, -0.05) is 43.0 Å². The van der Waals surface area contributed by atoms with Crippen LogP contribution in [0.5, 0.6) is 0 Å². The van der Waals surface area contributed by atoms with E-state index in [0.29, 0.717) is 23.3 Å². The van der Waals surface area contributed by atoms with Crippen LogP contribution in [-0.4, -0.2) is 27.1 Å². The third kappa shape index (κ3) is 4.79. The largest absolute Gasteiger partial charge is 0.353 e. The van der Waals surface area contributed by atoms with Crippen molar-refractivity contribution in [1.29, 1.82) is 0 Å². The molecule has 1 aliphatic carbocycles. The molecule has 23 heavy (non-hydrogen) atoms. The Labute approximate surface area is 140 Å².